The number of aryl methyl sites for hydroxylation is 3. The molecule has 2 aromatic rings. The minimum absolute atomic E-state index is 0.0554. The van der Waals surface area contributed by atoms with Crippen LogP contribution in [0.5, 0.6) is 0 Å². The molecule has 110 valence electrons. The Morgan fingerprint density at radius 3 is 3.05 bits per heavy atom. The molecule has 5 nitrogen and oxygen atoms in total. The van der Waals surface area contributed by atoms with Gasteiger partial charge in [-0.05, 0) is 44.4 Å². The van der Waals surface area contributed by atoms with Gasteiger partial charge < -0.3 is 15.2 Å². The normalized spacial score (nSPS) is 13.4. The first-order chi connectivity index (χ1) is 10.1. The Bertz CT molecular complexity index is 657. The van der Waals surface area contributed by atoms with Gasteiger partial charge >= 0.3 is 0 Å². The highest BCUT2D eigenvalue weighted by molar-refractivity contribution is 5.93. The van der Waals surface area contributed by atoms with Crippen LogP contribution in [0.15, 0.2) is 22.7 Å². The predicted molar refractivity (Wildman–Crippen MR) is 81.6 cm³/mol. The van der Waals surface area contributed by atoms with Crippen molar-refractivity contribution in [1.29, 1.82) is 0 Å². The quantitative estimate of drug-likeness (QED) is 0.910. The molecular formula is C16H19N3O2. The number of anilines is 2. The summed E-state index contributed by atoms with van der Waals surface area (Å²) in [5, 5.41) is 10.2. The summed E-state index contributed by atoms with van der Waals surface area (Å²) in [7, 11) is 0. The van der Waals surface area contributed by atoms with Gasteiger partial charge in [0, 0.05) is 23.5 Å². The third-order valence-corrected chi connectivity index (χ3v) is 3.85. The van der Waals surface area contributed by atoms with Crippen molar-refractivity contribution in [3.05, 3.63) is 40.8 Å². The number of hydrogen-bond acceptors (Lipinski definition) is 4. The van der Waals surface area contributed by atoms with Crippen molar-refractivity contribution in [2.75, 3.05) is 17.2 Å². The van der Waals surface area contributed by atoms with Crippen LogP contribution >= 0.6 is 0 Å². The number of fused-ring (bicyclic) bond motifs is 1. The van der Waals surface area contributed by atoms with Gasteiger partial charge in [-0.15, -0.1) is 0 Å². The standard InChI is InChI=1S/C16H19N3O2/c1-10-14(11(2)21-19-10)9-16(20)18-13-6-5-12-4-3-7-17-15(12)8-13/h5-6,8,17H,3-4,7,9H2,1-2H3,(H,18,20). The molecule has 21 heavy (non-hydrogen) atoms. The van der Waals surface area contributed by atoms with Crippen molar-refractivity contribution in [2.45, 2.75) is 33.1 Å². The van der Waals surface area contributed by atoms with E-state index in [0.717, 1.165) is 42.0 Å². The van der Waals surface area contributed by atoms with E-state index in [9.17, 15) is 4.79 Å². The number of carbonyl (C=O) groups is 1. The molecule has 1 aliphatic heterocycles. The second kappa shape index (κ2) is 5.60. The number of amides is 1. The van der Waals surface area contributed by atoms with Gasteiger partial charge in [-0.25, -0.2) is 0 Å². The summed E-state index contributed by atoms with van der Waals surface area (Å²) in [4.78, 5) is 12.2. The molecular weight excluding hydrogens is 266 g/mol. The first kappa shape index (κ1) is 13.7. The lowest BCUT2D eigenvalue weighted by atomic mass is 10.0. The van der Waals surface area contributed by atoms with Gasteiger partial charge in [-0.3, -0.25) is 4.79 Å². The fraction of sp³-hybridized carbons (Fsp3) is 0.375. The van der Waals surface area contributed by atoms with Crippen molar-refractivity contribution in [2.24, 2.45) is 0 Å². The van der Waals surface area contributed by atoms with Crippen LogP contribution in [0.25, 0.3) is 0 Å². The van der Waals surface area contributed by atoms with Gasteiger partial charge in [0.2, 0.25) is 5.91 Å². The number of hydrogen-bond donors (Lipinski definition) is 2. The number of rotatable bonds is 3. The van der Waals surface area contributed by atoms with Gasteiger partial charge in [0.1, 0.15) is 5.76 Å². The molecule has 1 amide bonds. The maximum Gasteiger partial charge on any atom is 0.229 e. The summed E-state index contributed by atoms with van der Waals surface area (Å²) < 4.78 is 5.08. The summed E-state index contributed by atoms with van der Waals surface area (Å²) in [6, 6.07) is 6.03. The van der Waals surface area contributed by atoms with Gasteiger partial charge in [0.05, 0.1) is 12.1 Å². The smallest absolute Gasteiger partial charge is 0.229 e. The summed E-state index contributed by atoms with van der Waals surface area (Å²) in [6.07, 6.45) is 2.53. The first-order valence-electron chi connectivity index (χ1n) is 7.22. The van der Waals surface area contributed by atoms with Crippen LogP contribution in [0.4, 0.5) is 11.4 Å². The second-order valence-electron chi connectivity index (χ2n) is 5.43. The molecule has 0 atom stereocenters. The third-order valence-electron chi connectivity index (χ3n) is 3.85. The van der Waals surface area contributed by atoms with E-state index >= 15 is 0 Å². The number of nitrogens with zero attached hydrogens (tertiary/aromatic N) is 1. The fourth-order valence-electron chi connectivity index (χ4n) is 2.66. The van der Waals surface area contributed by atoms with E-state index in [4.69, 9.17) is 4.52 Å². The molecule has 0 radical (unpaired) electrons. The molecule has 0 saturated heterocycles. The maximum absolute atomic E-state index is 12.2. The van der Waals surface area contributed by atoms with Crippen molar-refractivity contribution in [3.8, 4) is 0 Å². The molecule has 2 N–H and O–H groups in total. The number of nitrogens with one attached hydrogen (secondary N) is 2. The molecule has 1 aromatic carbocycles. The van der Waals surface area contributed by atoms with Crippen LogP contribution in [0.3, 0.4) is 0 Å². The predicted octanol–water partition coefficient (Wildman–Crippen LogP) is 2.83. The lowest BCUT2D eigenvalue weighted by Crippen LogP contribution is -2.16. The summed E-state index contributed by atoms with van der Waals surface area (Å²) in [5.41, 5.74) is 4.89. The number of aromatic nitrogens is 1. The highest BCUT2D eigenvalue weighted by atomic mass is 16.5. The molecule has 3 rings (SSSR count). The Labute approximate surface area is 123 Å². The zero-order valence-electron chi connectivity index (χ0n) is 12.3. The molecule has 0 saturated carbocycles. The van der Waals surface area contributed by atoms with Crippen molar-refractivity contribution < 1.29 is 9.32 Å². The van der Waals surface area contributed by atoms with Crippen molar-refractivity contribution in [3.63, 3.8) is 0 Å². The average molecular weight is 285 g/mol. The molecule has 2 heterocycles. The zero-order chi connectivity index (χ0) is 14.8. The summed E-state index contributed by atoms with van der Waals surface area (Å²) in [5.74, 6) is 0.648. The van der Waals surface area contributed by atoms with Crippen molar-refractivity contribution in [1.82, 2.24) is 5.16 Å². The van der Waals surface area contributed by atoms with Crippen LogP contribution in [0.2, 0.25) is 0 Å². The van der Waals surface area contributed by atoms with Gasteiger partial charge in [-0.2, -0.15) is 0 Å². The minimum Gasteiger partial charge on any atom is -0.385 e. The molecule has 5 heteroatoms. The molecule has 1 aliphatic rings. The molecule has 0 fully saturated rings. The van der Waals surface area contributed by atoms with E-state index in [1.165, 1.54) is 5.56 Å². The summed E-state index contributed by atoms with van der Waals surface area (Å²) in [6.45, 7) is 4.66. The Kier molecular flexibility index (Phi) is 3.64. The highest BCUT2D eigenvalue weighted by Crippen LogP contribution is 2.25. The van der Waals surface area contributed by atoms with Gasteiger partial charge in [-0.1, -0.05) is 11.2 Å². The van der Waals surface area contributed by atoms with Crippen LogP contribution in [-0.4, -0.2) is 17.6 Å². The average Bonchev–Trinajstić information content (AvgIpc) is 2.79. The van der Waals surface area contributed by atoms with E-state index in [0.29, 0.717) is 5.76 Å². The highest BCUT2D eigenvalue weighted by Gasteiger charge is 2.14. The molecule has 0 unspecified atom stereocenters. The van der Waals surface area contributed by atoms with E-state index in [1.54, 1.807) is 0 Å². The largest absolute Gasteiger partial charge is 0.385 e. The van der Waals surface area contributed by atoms with Gasteiger partial charge in [0.25, 0.3) is 0 Å². The number of carbonyl (C=O) groups excluding carboxylic acids is 1. The Hall–Kier alpha value is -2.30. The Morgan fingerprint density at radius 2 is 2.29 bits per heavy atom. The van der Waals surface area contributed by atoms with Gasteiger partial charge in [0.15, 0.2) is 0 Å². The topological polar surface area (TPSA) is 67.2 Å². The lowest BCUT2D eigenvalue weighted by molar-refractivity contribution is -0.115. The minimum atomic E-state index is -0.0554. The summed E-state index contributed by atoms with van der Waals surface area (Å²) >= 11 is 0. The second-order valence-corrected chi connectivity index (χ2v) is 5.43. The maximum atomic E-state index is 12.2. The Balaban J connectivity index is 1.70. The Morgan fingerprint density at radius 1 is 1.43 bits per heavy atom. The molecule has 1 aromatic heterocycles. The SMILES string of the molecule is Cc1noc(C)c1CC(=O)Nc1ccc2c(c1)NCCC2. The van der Waals surface area contributed by atoms with Crippen LogP contribution < -0.4 is 10.6 Å². The van der Waals surface area contributed by atoms with E-state index < -0.39 is 0 Å². The molecule has 0 bridgehead atoms. The van der Waals surface area contributed by atoms with E-state index in [-0.39, 0.29) is 12.3 Å². The van der Waals surface area contributed by atoms with E-state index in [1.807, 2.05) is 26.0 Å². The number of benzene rings is 1. The monoisotopic (exact) mass is 285 g/mol. The van der Waals surface area contributed by atoms with Crippen LogP contribution in [0, 0.1) is 13.8 Å². The third kappa shape index (κ3) is 2.91. The molecule has 0 spiro atoms. The first-order valence-corrected chi connectivity index (χ1v) is 7.22. The zero-order valence-corrected chi connectivity index (χ0v) is 12.3. The van der Waals surface area contributed by atoms with Crippen LogP contribution in [-0.2, 0) is 17.6 Å². The fourth-order valence-corrected chi connectivity index (χ4v) is 2.66. The lowest BCUT2D eigenvalue weighted by Gasteiger charge is -2.18. The van der Waals surface area contributed by atoms with Crippen molar-refractivity contribution >= 4 is 17.3 Å². The van der Waals surface area contributed by atoms with E-state index in [2.05, 4.69) is 21.9 Å². The molecule has 0 aliphatic carbocycles. The van der Waals surface area contributed by atoms with Crippen LogP contribution in [0.1, 0.15) is 29.0 Å².